The first-order chi connectivity index (χ1) is 10.9. The van der Waals surface area contributed by atoms with Crippen molar-refractivity contribution in [2.24, 2.45) is 5.10 Å². The van der Waals surface area contributed by atoms with E-state index in [4.69, 9.17) is 10.5 Å². The predicted molar refractivity (Wildman–Crippen MR) is 96.0 cm³/mol. The number of hydrogen-bond donors (Lipinski definition) is 3. The average molecular weight is 443 g/mol. The molecule has 2 aromatic carbocycles. The van der Waals surface area contributed by atoms with Gasteiger partial charge in [-0.25, -0.2) is 5.43 Å². The van der Waals surface area contributed by atoms with Gasteiger partial charge in [-0.05, 0) is 40.2 Å². The summed E-state index contributed by atoms with van der Waals surface area (Å²) in [5, 5.41) is 13.8. The van der Waals surface area contributed by atoms with Crippen molar-refractivity contribution >= 4 is 49.7 Å². The molecule has 0 aliphatic heterocycles. The zero-order valence-corrected chi connectivity index (χ0v) is 15.2. The molecule has 2 aromatic rings. The highest BCUT2D eigenvalue weighted by Gasteiger charge is 2.13. The lowest BCUT2D eigenvalue weighted by Crippen LogP contribution is -2.19. The van der Waals surface area contributed by atoms with Gasteiger partial charge in [0.2, 0.25) is 0 Å². The molecule has 0 radical (unpaired) electrons. The number of nitrogens with one attached hydrogen (secondary N) is 1. The van der Waals surface area contributed by atoms with Crippen molar-refractivity contribution in [2.45, 2.75) is 0 Å². The molecule has 120 valence electrons. The maximum Gasteiger partial charge on any atom is 0.273 e. The first-order valence-electron chi connectivity index (χ1n) is 6.38. The van der Waals surface area contributed by atoms with Gasteiger partial charge >= 0.3 is 0 Å². The molecule has 0 bridgehead atoms. The Hall–Kier alpha value is -2.06. The number of aromatic hydroxyl groups is 1. The topological polar surface area (TPSA) is 96.9 Å². The molecule has 0 unspecified atom stereocenters. The van der Waals surface area contributed by atoms with Crippen molar-refractivity contribution in [3.05, 3.63) is 50.4 Å². The van der Waals surface area contributed by atoms with Crippen molar-refractivity contribution < 1.29 is 14.6 Å². The smallest absolute Gasteiger partial charge is 0.273 e. The summed E-state index contributed by atoms with van der Waals surface area (Å²) in [6, 6.07) is 8.28. The highest BCUT2D eigenvalue weighted by atomic mass is 79.9. The van der Waals surface area contributed by atoms with Gasteiger partial charge in [-0.15, -0.1) is 0 Å². The SMILES string of the molecule is COc1cccc(/C=N/NC(=O)c2cc(Br)cc(Br)c2N)c1O. The van der Waals surface area contributed by atoms with E-state index in [0.29, 0.717) is 25.9 Å². The number of carbonyl (C=O) groups excluding carboxylic acids is 1. The van der Waals surface area contributed by atoms with Crippen molar-refractivity contribution in [1.82, 2.24) is 5.43 Å². The second-order valence-electron chi connectivity index (χ2n) is 4.45. The molecule has 0 fully saturated rings. The maximum atomic E-state index is 12.1. The van der Waals surface area contributed by atoms with Crippen molar-refractivity contribution in [3.63, 3.8) is 0 Å². The van der Waals surface area contributed by atoms with Crippen LogP contribution >= 0.6 is 31.9 Å². The fourth-order valence-electron chi connectivity index (χ4n) is 1.80. The van der Waals surface area contributed by atoms with E-state index in [1.165, 1.54) is 13.3 Å². The first kappa shape index (κ1) is 17.3. The Kier molecular flexibility index (Phi) is 5.62. The third kappa shape index (κ3) is 4.02. The van der Waals surface area contributed by atoms with Crippen LogP contribution < -0.4 is 15.9 Å². The van der Waals surface area contributed by atoms with Crippen LogP contribution in [-0.4, -0.2) is 24.3 Å². The van der Waals surface area contributed by atoms with Gasteiger partial charge in [-0.3, -0.25) is 4.79 Å². The third-order valence-electron chi connectivity index (χ3n) is 2.96. The highest BCUT2D eigenvalue weighted by molar-refractivity contribution is 9.11. The Morgan fingerprint density at radius 3 is 2.83 bits per heavy atom. The Bertz CT molecular complexity index is 779. The van der Waals surface area contributed by atoms with Crippen LogP contribution in [0.2, 0.25) is 0 Å². The third-order valence-corrected chi connectivity index (χ3v) is 4.07. The Morgan fingerprint density at radius 2 is 2.13 bits per heavy atom. The first-order valence-corrected chi connectivity index (χ1v) is 7.96. The number of phenolic OH excluding ortho intramolecular Hbond substituents is 1. The largest absolute Gasteiger partial charge is 0.504 e. The number of rotatable bonds is 4. The van der Waals surface area contributed by atoms with E-state index in [-0.39, 0.29) is 11.3 Å². The van der Waals surface area contributed by atoms with Gasteiger partial charge in [-0.2, -0.15) is 5.10 Å². The number of ether oxygens (including phenoxy) is 1. The Morgan fingerprint density at radius 1 is 1.39 bits per heavy atom. The molecule has 0 aromatic heterocycles. The molecule has 0 spiro atoms. The lowest BCUT2D eigenvalue weighted by atomic mass is 10.2. The summed E-state index contributed by atoms with van der Waals surface area (Å²) in [6.07, 6.45) is 1.32. The Balaban J connectivity index is 2.17. The van der Waals surface area contributed by atoms with Gasteiger partial charge in [0.1, 0.15) is 0 Å². The molecule has 0 atom stereocenters. The fourth-order valence-corrected chi connectivity index (χ4v) is 3.03. The zero-order chi connectivity index (χ0) is 17.0. The minimum atomic E-state index is -0.469. The molecule has 0 heterocycles. The van der Waals surface area contributed by atoms with Crippen LogP contribution in [0.5, 0.6) is 11.5 Å². The second kappa shape index (κ2) is 7.47. The second-order valence-corrected chi connectivity index (χ2v) is 6.22. The van der Waals surface area contributed by atoms with Crippen LogP contribution in [0, 0.1) is 0 Å². The van der Waals surface area contributed by atoms with Gasteiger partial charge in [0, 0.05) is 14.5 Å². The number of carbonyl (C=O) groups is 1. The number of anilines is 1. The van der Waals surface area contributed by atoms with Crippen LogP contribution in [0.1, 0.15) is 15.9 Å². The van der Waals surface area contributed by atoms with E-state index in [2.05, 4.69) is 42.4 Å². The summed E-state index contributed by atoms with van der Waals surface area (Å²) in [4.78, 5) is 12.1. The van der Waals surface area contributed by atoms with Crippen molar-refractivity contribution in [2.75, 3.05) is 12.8 Å². The summed E-state index contributed by atoms with van der Waals surface area (Å²) < 4.78 is 6.31. The molecule has 0 saturated heterocycles. The quantitative estimate of drug-likeness (QED) is 0.384. The number of amides is 1. The van der Waals surface area contributed by atoms with Gasteiger partial charge in [0.05, 0.1) is 24.6 Å². The number of nitrogens with zero attached hydrogens (tertiary/aromatic N) is 1. The van der Waals surface area contributed by atoms with Gasteiger partial charge in [-0.1, -0.05) is 22.0 Å². The molecular weight excluding hydrogens is 430 g/mol. The van der Waals surface area contributed by atoms with Gasteiger partial charge in [0.25, 0.3) is 5.91 Å². The van der Waals surface area contributed by atoms with Crippen LogP contribution in [-0.2, 0) is 0 Å². The molecule has 0 saturated carbocycles. The van der Waals surface area contributed by atoms with Crippen LogP contribution in [0.15, 0.2) is 44.4 Å². The van der Waals surface area contributed by atoms with Crippen molar-refractivity contribution in [1.29, 1.82) is 0 Å². The van der Waals surface area contributed by atoms with Crippen molar-refractivity contribution in [3.8, 4) is 11.5 Å². The lowest BCUT2D eigenvalue weighted by Gasteiger charge is -2.07. The van der Waals surface area contributed by atoms with Crippen LogP contribution in [0.3, 0.4) is 0 Å². The van der Waals surface area contributed by atoms with Gasteiger partial charge in [0.15, 0.2) is 11.5 Å². The number of benzene rings is 2. The maximum absolute atomic E-state index is 12.1. The summed E-state index contributed by atoms with van der Waals surface area (Å²) in [5.41, 5.74) is 9.22. The van der Waals surface area contributed by atoms with Crippen LogP contribution in [0.25, 0.3) is 0 Å². The average Bonchev–Trinajstić information content (AvgIpc) is 2.52. The molecule has 1 amide bonds. The number of phenols is 1. The molecule has 4 N–H and O–H groups in total. The minimum Gasteiger partial charge on any atom is -0.504 e. The standard InChI is InChI=1S/C15H13Br2N3O3/c1-23-12-4-2-3-8(14(12)21)7-19-20-15(22)10-5-9(16)6-11(17)13(10)18/h2-7,21H,18H2,1H3,(H,20,22)/b19-7+. The monoisotopic (exact) mass is 441 g/mol. The fraction of sp³-hybridized carbons (Fsp3) is 0.0667. The molecule has 23 heavy (non-hydrogen) atoms. The summed E-state index contributed by atoms with van der Waals surface area (Å²) in [6.45, 7) is 0. The van der Waals surface area contributed by atoms with Gasteiger partial charge < -0.3 is 15.6 Å². The summed E-state index contributed by atoms with van der Waals surface area (Å²) in [5.74, 6) is -0.207. The molecule has 2 rings (SSSR count). The summed E-state index contributed by atoms with van der Waals surface area (Å²) >= 11 is 6.57. The van der Waals surface area contributed by atoms with Crippen LogP contribution in [0.4, 0.5) is 5.69 Å². The zero-order valence-electron chi connectivity index (χ0n) is 12.0. The number of methoxy groups -OCH3 is 1. The molecule has 0 aliphatic carbocycles. The minimum absolute atomic E-state index is 0.0577. The molecule has 6 nitrogen and oxygen atoms in total. The van der Waals surface area contributed by atoms with E-state index < -0.39 is 5.91 Å². The number of halogens is 2. The lowest BCUT2D eigenvalue weighted by molar-refractivity contribution is 0.0956. The van der Waals surface area contributed by atoms with E-state index in [9.17, 15) is 9.90 Å². The number of nitrogens with two attached hydrogens (primary N) is 1. The number of para-hydroxylation sites is 1. The number of hydrazone groups is 1. The Labute approximate surface area is 149 Å². The van der Waals surface area contributed by atoms with E-state index in [1.807, 2.05) is 0 Å². The molecule has 8 heteroatoms. The van der Waals surface area contributed by atoms with E-state index in [0.717, 1.165) is 0 Å². The predicted octanol–water partition coefficient (Wildman–Crippen LogP) is 3.27. The molecular formula is C15H13Br2N3O3. The van der Waals surface area contributed by atoms with E-state index in [1.54, 1.807) is 30.3 Å². The van der Waals surface area contributed by atoms with E-state index >= 15 is 0 Å². The normalized spacial score (nSPS) is 10.7. The molecule has 0 aliphatic rings. The summed E-state index contributed by atoms with van der Waals surface area (Å²) in [7, 11) is 1.45. The highest BCUT2D eigenvalue weighted by Crippen LogP contribution is 2.29. The number of hydrogen-bond acceptors (Lipinski definition) is 5. The number of nitrogen functional groups attached to an aromatic ring is 1.